The van der Waals surface area contributed by atoms with E-state index in [0.29, 0.717) is 0 Å². The number of anilines is 1. The Morgan fingerprint density at radius 3 is 2.86 bits per heavy atom. The largest absolute Gasteiger partial charge is 0.385 e. The summed E-state index contributed by atoms with van der Waals surface area (Å²) in [6.07, 6.45) is 1.98. The van der Waals surface area contributed by atoms with E-state index in [1.807, 2.05) is 6.20 Å². The van der Waals surface area contributed by atoms with Gasteiger partial charge in [-0.2, -0.15) is 0 Å². The first kappa shape index (κ1) is 9.00. The molecule has 0 spiro atoms. The first-order valence-electron chi connectivity index (χ1n) is 4.97. The average Bonchev–Trinajstić information content (AvgIpc) is 2.20. The summed E-state index contributed by atoms with van der Waals surface area (Å²) < 4.78 is 0. The topological polar surface area (TPSA) is 26.2 Å². The zero-order chi connectivity index (χ0) is 9.97. The van der Waals surface area contributed by atoms with Gasteiger partial charge in [0, 0.05) is 30.6 Å². The molecule has 0 saturated heterocycles. The highest BCUT2D eigenvalue weighted by Gasteiger charge is 2.05. The number of aromatic nitrogens is 1. The Kier molecular flexibility index (Phi) is 2.35. The lowest BCUT2D eigenvalue weighted by atomic mass is 10.1. The minimum Gasteiger partial charge on any atom is -0.385 e. The van der Waals surface area contributed by atoms with Crippen molar-refractivity contribution in [2.75, 3.05) is 11.9 Å². The van der Waals surface area contributed by atoms with Crippen LogP contribution in [0.5, 0.6) is 0 Å². The zero-order valence-electron chi connectivity index (χ0n) is 8.59. The zero-order valence-corrected chi connectivity index (χ0v) is 8.59. The van der Waals surface area contributed by atoms with Gasteiger partial charge in [-0.3, -0.25) is 0 Å². The highest BCUT2D eigenvalue weighted by molar-refractivity contribution is 5.94. The summed E-state index contributed by atoms with van der Waals surface area (Å²) in [7, 11) is 0. The number of aryl methyl sites for hydroxylation is 1. The van der Waals surface area contributed by atoms with Crippen LogP contribution in [-0.4, -0.2) is 6.54 Å². The van der Waals surface area contributed by atoms with Crippen molar-refractivity contribution in [1.82, 2.24) is 0 Å². The molecule has 1 aromatic carbocycles. The second-order valence-electron chi connectivity index (χ2n) is 3.40. The van der Waals surface area contributed by atoms with E-state index in [9.17, 15) is 0 Å². The van der Waals surface area contributed by atoms with Crippen molar-refractivity contribution in [3.63, 3.8) is 0 Å². The lowest BCUT2D eigenvalue weighted by Crippen LogP contribution is -2.06. The smallest absolute Gasteiger partial charge is 0.184 e. The normalized spacial score (nSPS) is 10.4. The van der Waals surface area contributed by atoms with Gasteiger partial charge in [0.1, 0.15) is 0 Å². The molecule has 0 atom stereocenters. The van der Waals surface area contributed by atoms with Gasteiger partial charge in [0.05, 0.1) is 5.39 Å². The Balaban J connectivity index is 2.68. The molecule has 2 aromatic rings. The molecular weight excluding hydrogens is 172 g/mol. The quantitative estimate of drug-likeness (QED) is 0.767. The lowest BCUT2D eigenvalue weighted by molar-refractivity contribution is -0.385. The first-order valence-corrected chi connectivity index (χ1v) is 4.97. The van der Waals surface area contributed by atoms with E-state index >= 15 is 0 Å². The van der Waals surface area contributed by atoms with Crippen LogP contribution in [-0.2, 0) is 0 Å². The van der Waals surface area contributed by atoms with Crippen molar-refractivity contribution in [2.24, 2.45) is 0 Å². The van der Waals surface area contributed by atoms with Crippen LogP contribution in [0.2, 0.25) is 0 Å². The number of pyridine rings is 1. The number of benzene rings is 1. The van der Waals surface area contributed by atoms with E-state index in [2.05, 4.69) is 48.4 Å². The van der Waals surface area contributed by atoms with Crippen molar-refractivity contribution < 1.29 is 4.98 Å². The van der Waals surface area contributed by atoms with E-state index in [1.54, 1.807) is 0 Å². The number of hydrogen-bond acceptors (Lipinski definition) is 1. The van der Waals surface area contributed by atoms with Gasteiger partial charge in [-0.15, -0.1) is 0 Å². The van der Waals surface area contributed by atoms with E-state index in [4.69, 9.17) is 0 Å². The van der Waals surface area contributed by atoms with Crippen LogP contribution in [0.4, 0.5) is 5.69 Å². The second-order valence-corrected chi connectivity index (χ2v) is 3.40. The van der Waals surface area contributed by atoms with Gasteiger partial charge in [-0.05, 0) is 19.1 Å². The minimum absolute atomic E-state index is 0.955. The maximum atomic E-state index is 3.36. The molecule has 0 unspecified atom stereocenters. The van der Waals surface area contributed by atoms with Crippen LogP contribution in [0.25, 0.3) is 10.8 Å². The molecule has 0 saturated carbocycles. The summed E-state index contributed by atoms with van der Waals surface area (Å²) in [4.78, 5) is 3.22. The number of H-pyrrole nitrogens is 1. The average molecular weight is 187 g/mol. The summed E-state index contributed by atoms with van der Waals surface area (Å²) in [5.74, 6) is 0. The molecule has 2 N–H and O–H groups in total. The monoisotopic (exact) mass is 187 g/mol. The van der Waals surface area contributed by atoms with Gasteiger partial charge in [0.15, 0.2) is 11.9 Å². The molecule has 0 aliphatic rings. The summed E-state index contributed by atoms with van der Waals surface area (Å²) in [5.41, 5.74) is 2.42. The molecule has 0 aliphatic carbocycles. The molecule has 2 rings (SSSR count). The van der Waals surface area contributed by atoms with E-state index < -0.39 is 0 Å². The predicted octanol–water partition coefficient (Wildman–Crippen LogP) is 2.39. The number of aromatic amines is 1. The molecule has 0 aliphatic heterocycles. The summed E-state index contributed by atoms with van der Waals surface area (Å²) in [6, 6.07) is 8.45. The second kappa shape index (κ2) is 3.66. The van der Waals surface area contributed by atoms with Crippen LogP contribution >= 0.6 is 0 Å². The highest BCUT2D eigenvalue weighted by Crippen LogP contribution is 2.23. The third-order valence-corrected chi connectivity index (χ3v) is 2.43. The highest BCUT2D eigenvalue weighted by atomic mass is 14.9. The molecule has 0 fully saturated rings. The fourth-order valence-electron chi connectivity index (χ4n) is 1.74. The standard InChI is InChI=1S/C12H14N2/c1-3-13-12-6-4-5-10-9(2)14-8-7-11(10)12/h4-8,13H,3H2,1-2H3/p+1. The summed E-state index contributed by atoms with van der Waals surface area (Å²) in [5, 5.41) is 5.93. The maximum Gasteiger partial charge on any atom is 0.184 e. The van der Waals surface area contributed by atoms with Crippen molar-refractivity contribution in [3.05, 3.63) is 36.2 Å². The first-order chi connectivity index (χ1) is 6.83. The number of rotatable bonds is 2. The molecule has 1 aromatic heterocycles. The molecule has 1 heterocycles. The Morgan fingerprint density at radius 1 is 1.21 bits per heavy atom. The van der Waals surface area contributed by atoms with Gasteiger partial charge in [0.2, 0.25) is 0 Å². The van der Waals surface area contributed by atoms with Crippen LogP contribution in [0.1, 0.15) is 12.6 Å². The molecule has 14 heavy (non-hydrogen) atoms. The van der Waals surface area contributed by atoms with Crippen molar-refractivity contribution >= 4 is 16.5 Å². The molecule has 0 amide bonds. The SMILES string of the molecule is CCNc1cccc2c(C)[nH+]ccc12. The van der Waals surface area contributed by atoms with Crippen molar-refractivity contribution in [1.29, 1.82) is 0 Å². The Bertz CT molecular complexity index is 449. The number of hydrogen-bond donors (Lipinski definition) is 1. The van der Waals surface area contributed by atoms with E-state index in [1.165, 1.54) is 22.2 Å². The third-order valence-electron chi connectivity index (χ3n) is 2.43. The van der Waals surface area contributed by atoms with Gasteiger partial charge < -0.3 is 5.32 Å². The van der Waals surface area contributed by atoms with E-state index in [-0.39, 0.29) is 0 Å². The minimum atomic E-state index is 0.955. The number of nitrogens with one attached hydrogen (secondary N) is 2. The molecule has 0 radical (unpaired) electrons. The fourth-order valence-corrected chi connectivity index (χ4v) is 1.74. The van der Waals surface area contributed by atoms with Crippen LogP contribution in [0.15, 0.2) is 30.5 Å². The van der Waals surface area contributed by atoms with Gasteiger partial charge in [-0.1, -0.05) is 6.07 Å². The molecule has 72 valence electrons. The van der Waals surface area contributed by atoms with Gasteiger partial charge in [0.25, 0.3) is 0 Å². The van der Waals surface area contributed by atoms with Crippen molar-refractivity contribution in [3.8, 4) is 0 Å². The van der Waals surface area contributed by atoms with Crippen LogP contribution in [0.3, 0.4) is 0 Å². The van der Waals surface area contributed by atoms with Crippen LogP contribution < -0.4 is 10.3 Å². The summed E-state index contributed by atoms with van der Waals surface area (Å²) in [6.45, 7) is 5.16. The predicted molar refractivity (Wildman–Crippen MR) is 59.4 cm³/mol. The Labute approximate surface area is 84.0 Å². The Hall–Kier alpha value is -1.57. The molecular formula is C12H15N2+. The maximum absolute atomic E-state index is 3.36. The molecule has 0 bridgehead atoms. The fraction of sp³-hybridized carbons (Fsp3) is 0.250. The molecule has 2 heteroatoms. The Morgan fingerprint density at radius 2 is 2.07 bits per heavy atom. The third kappa shape index (κ3) is 1.43. The van der Waals surface area contributed by atoms with Gasteiger partial charge >= 0.3 is 0 Å². The van der Waals surface area contributed by atoms with Crippen LogP contribution in [0, 0.1) is 6.92 Å². The van der Waals surface area contributed by atoms with E-state index in [0.717, 1.165) is 6.54 Å². The number of fused-ring (bicyclic) bond motifs is 1. The lowest BCUT2D eigenvalue weighted by Gasteiger charge is -2.06. The van der Waals surface area contributed by atoms with Gasteiger partial charge in [-0.25, -0.2) is 4.98 Å². The summed E-state index contributed by atoms with van der Waals surface area (Å²) >= 11 is 0. The van der Waals surface area contributed by atoms with Crippen molar-refractivity contribution in [2.45, 2.75) is 13.8 Å². The molecule has 2 nitrogen and oxygen atoms in total.